The number of nitrogens with one attached hydrogen (secondary N) is 1. The highest BCUT2D eigenvalue weighted by atomic mass is 15.3. The fourth-order valence-electron chi connectivity index (χ4n) is 1.48. The van der Waals surface area contributed by atoms with Gasteiger partial charge in [0.1, 0.15) is 5.82 Å². The summed E-state index contributed by atoms with van der Waals surface area (Å²) in [6.45, 7) is 3.88. The molecule has 6 heteroatoms. The van der Waals surface area contributed by atoms with Crippen molar-refractivity contribution in [2.75, 3.05) is 5.43 Å². The highest BCUT2D eigenvalue weighted by Gasteiger charge is 2.10. The van der Waals surface area contributed by atoms with E-state index in [-0.39, 0.29) is 0 Å². The van der Waals surface area contributed by atoms with Crippen LogP contribution in [0.1, 0.15) is 11.4 Å². The zero-order valence-corrected chi connectivity index (χ0v) is 9.52. The normalized spacial score (nSPS) is 10.5. The third-order valence-electron chi connectivity index (χ3n) is 2.48. The number of aryl methyl sites for hydroxylation is 2. The molecule has 0 saturated carbocycles. The minimum absolute atomic E-state index is 0.603. The fourth-order valence-corrected chi connectivity index (χ4v) is 1.48. The van der Waals surface area contributed by atoms with Crippen LogP contribution in [0.15, 0.2) is 12.3 Å². The summed E-state index contributed by atoms with van der Waals surface area (Å²) in [6.07, 6.45) is 1.75. The van der Waals surface area contributed by atoms with Crippen LogP contribution in [0, 0.1) is 13.8 Å². The van der Waals surface area contributed by atoms with Crippen LogP contribution in [-0.2, 0) is 7.05 Å². The molecule has 84 valence electrons. The Balaban J connectivity index is 2.55. The second-order valence-corrected chi connectivity index (χ2v) is 3.63. The van der Waals surface area contributed by atoms with Crippen LogP contribution in [0.3, 0.4) is 0 Å². The van der Waals surface area contributed by atoms with Gasteiger partial charge in [-0.1, -0.05) is 0 Å². The summed E-state index contributed by atoms with van der Waals surface area (Å²) >= 11 is 0. The molecule has 0 aromatic carbocycles. The largest absolute Gasteiger partial charge is 0.308 e. The first-order valence-electron chi connectivity index (χ1n) is 4.93. The first-order chi connectivity index (χ1) is 7.61. The number of rotatable bonds is 2. The molecule has 0 atom stereocenters. The van der Waals surface area contributed by atoms with E-state index in [1.807, 2.05) is 20.9 Å². The number of hydrogen-bond donors (Lipinski definition) is 2. The molecule has 0 aliphatic heterocycles. The number of aromatic nitrogens is 4. The van der Waals surface area contributed by atoms with Gasteiger partial charge in [0.05, 0.1) is 11.8 Å². The van der Waals surface area contributed by atoms with E-state index in [0.29, 0.717) is 11.6 Å². The van der Waals surface area contributed by atoms with Crippen molar-refractivity contribution in [1.29, 1.82) is 0 Å². The third kappa shape index (κ3) is 1.74. The van der Waals surface area contributed by atoms with E-state index < -0.39 is 0 Å². The van der Waals surface area contributed by atoms with E-state index in [0.717, 1.165) is 17.0 Å². The van der Waals surface area contributed by atoms with Crippen LogP contribution in [0.25, 0.3) is 11.4 Å². The van der Waals surface area contributed by atoms with Crippen LogP contribution < -0.4 is 11.3 Å². The molecule has 2 aromatic heterocycles. The second-order valence-electron chi connectivity index (χ2n) is 3.63. The summed E-state index contributed by atoms with van der Waals surface area (Å²) < 4.78 is 1.79. The maximum Gasteiger partial charge on any atom is 0.165 e. The number of hydrazine groups is 1. The van der Waals surface area contributed by atoms with Gasteiger partial charge >= 0.3 is 0 Å². The maximum absolute atomic E-state index is 5.35. The topological polar surface area (TPSA) is 81.6 Å². The molecule has 0 radical (unpaired) electrons. The molecular weight excluding hydrogens is 204 g/mol. The lowest BCUT2D eigenvalue weighted by Crippen LogP contribution is -2.10. The highest BCUT2D eigenvalue weighted by molar-refractivity contribution is 5.59. The van der Waals surface area contributed by atoms with Gasteiger partial charge in [-0.2, -0.15) is 5.10 Å². The second kappa shape index (κ2) is 3.90. The molecule has 0 aliphatic carbocycles. The van der Waals surface area contributed by atoms with Crippen molar-refractivity contribution >= 4 is 5.82 Å². The lowest BCUT2D eigenvalue weighted by Gasteiger charge is -2.04. The predicted octanol–water partition coefficient (Wildman–Crippen LogP) is 0.780. The SMILES string of the molecule is Cc1cc(NN)nc(-c2cnn(C)c2C)n1. The van der Waals surface area contributed by atoms with Crippen molar-refractivity contribution in [2.24, 2.45) is 12.9 Å². The summed E-state index contributed by atoms with van der Waals surface area (Å²) in [6, 6.07) is 1.79. The molecule has 2 rings (SSSR count). The van der Waals surface area contributed by atoms with Gasteiger partial charge < -0.3 is 5.43 Å². The summed E-state index contributed by atoms with van der Waals surface area (Å²) in [7, 11) is 1.89. The molecule has 2 aromatic rings. The Hall–Kier alpha value is -1.95. The molecule has 0 amide bonds. The van der Waals surface area contributed by atoms with E-state index in [1.54, 1.807) is 16.9 Å². The van der Waals surface area contributed by atoms with Gasteiger partial charge in [-0.25, -0.2) is 15.8 Å². The Morgan fingerprint density at radius 1 is 1.31 bits per heavy atom. The molecule has 2 heterocycles. The van der Waals surface area contributed by atoms with E-state index in [2.05, 4.69) is 20.5 Å². The molecule has 0 unspecified atom stereocenters. The van der Waals surface area contributed by atoms with Crippen molar-refractivity contribution in [3.63, 3.8) is 0 Å². The highest BCUT2D eigenvalue weighted by Crippen LogP contribution is 2.20. The molecule has 16 heavy (non-hydrogen) atoms. The van der Waals surface area contributed by atoms with Crippen LogP contribution >= 0.6 is 0 Å². The van der Waals surface area contributed by atoms with Crippen molar-refractivity contribution in [3.8, 4) is 11.4 Å². The summed E-state index contributed by atoms with van der Waals surface area (Å²) in [5, 5.41) is 4.16. The van der Waals surface area contributed by atoms with Crippen LogP contribution in [0.4, 0.5) is 5.82 Å². The molecule has 0 saturated heterocycles. The maximum atomic E-state index is 5.35. The summed E-state index contributed by atoms with van der Waals surface area (Å²) in [5.74, 6) is 6.59. The molecular formula is C10H14N6. The standard InChI is InChI=1S/C10H14N6/c1-6-4-9(15-11)14-10(13-6)8-5-12-16(3)7(8)2/h4-5H,11H2,1-3H3,(H,13,14,15). The number of hydrogen-bond acceptors (Lipinski definition) is 5. The minimum atomic E-state index is 0.603. The Morgan fingerprint density at radius 3 is 2.62 bits per heavy atom. The van der Waals surface area contributed by atoms with E-state index in [4.69, 9.17) is 5.84 Å². The quantitative estimate of drug-likeness (QED) is 0.575. The lowest BCUT2D eigenvalue weighted by molar-refractivity contribution is 0.740. The zero-order valence-electron chi connectivity index (χ0n) is 9.52. The van der Waals surface area contributed by atoms with E-state index >= 15 is 0 Å². The third-order valence-corrected chi connectivity index (χ3v) is 2.48. The van der Waals surface area contributed by atoms with Crippen molar-refractivity contribution < 1.29 is 0 Å². The molecule has 0 fully saturated rings. The van der Waals surface area contributed by atoms with E-state index in [9.17, 15) is 0 Å². The average molecular weight is 218 g/mol. The first kappa shape index (κ1) is 10.6. The van der Waals surface area contributed by atoms with Crippen LogP contribution in [0.5, 0.6) is 0 Å². The Bertz CT molecular complexity index is 516. The summed E-state index contributed by atoms with van der Waals surface area (Å²) in [4.78, 5) is 8.66. The fraction of sp³-hybridized carbons (Fsp3) is 0.300. The lowest BCUT2D eigenvalue weighted by atomic mass is 10.2. The van der Waals surface area contributed by atoms with Crippen molar-refractivity contribution in [3.05, 3.63) is 23.7 Å². The van der Waals surface area contributed by atoms with Gasteiger partial charge in [0.2, 0.25) is 0 Å². The Morgan fingerprint density at radius 2 is 2.06 bits per heavy atom. The minimum Gasteiger partial charge on any atom is -0.308 e. The van der Waals surface area contributed by atoms with Gasteiger partial charge in [0.15, 0.2) is 5.82 Å². The van der Waals surface area contributed by atoms with Gasteiger partial charge in [-0.15, -0.1) is 0 Å². The van der Waals surface area contributed by atoms with Crippen molar-refractivity contribution in [2.45, 2.75) is 13.8 Å². The van der Waals surface area contributed by atoms with Crippen LogP contribution in [0.2, 0.25) is 0 Å². The first-order valence-corrected chi connectivity index (χ1v) is 4.93. The molecule has 0 spiro atoms. The predicted molar refractivity (Wildman–Crippen MR) is 61.5 cm³/mol. The molecule has 0 bridgehead atoms. The summed E-state index contributed by atoms with van der Waals surface area (Å²) in [5.41, 5.74) is 5.33. The number of anilines is 1. The molecule has 3 N–H and O–H groups in total. The number of nitrogens with two attached hydrogens (primary N) is 1. The number of nitrogens with zero attached hydrogens (tertiary/aromatic N) is 4. The zero-order chi connectivity index (χ0) is 11.7. The van der Waals surface area contributed by atoms with Gasteiger partial charge in [0, 0.05) is 24.5 Å². The Kier molecular flexibility index (Phi) is 2.57. The van der Waals surface area contributed by atoms with Gasteiger partial charge in [-0.3, -0.25) is 4.68 Å². The van der Waals surface area contributed by atoms with Gasteiger partial charge in [0.25, 0.3) is 0 Å². The smallest absolute Gasteiger partial charge is 0.165 e. The Labute approximate surface area is 93.5 Å². The average Bonchev–Trinajstić information content (AvgIpc) is 2.59. The van der Waals surface area contributed by atoms with Crippen LogP contribution in [-0.4, -0.2) is 19.7 Å². The number of nitrogen functional groups attached to an aromatic ring is 1. The van der Waals surface area contributed by atoms with Crippen molar-refractivity contribution in [1.82, 2.24) is 19.7 Å². The monoisotopic (exact) mass is 218 g/mol. The van der Waals surface area contributed by atoms with E-state index in [1.165, 1.54) is 0 Å². The molecule has 6 nitrogen and oxygen atoms in total. The molecule has 0 aliphatic rings. The van der Waals surface area contributed by atoms with Gasteiger partial charge in [-0.05, 0) is 13.8 Å².